The first-order chi connectivity index (χ1) is 27.9. The first-order valence-corrected chi connectivity index (χ1v) is 19.1. The van der Waals surface area contributed by atoms with E-state index in [2.05, 4.69) is 79.1 Å². The second-order valence-electron chi connectivity index (χ2n) is 15.6. The molecule has 0 unspecified atom stereocenters. The van der Waals surface area contributed by atoms with Gasteiger partial charge in [-0.05, 0) is 96.4 Å². The summed E-state index contributed by atoms with van der Waals surface area (Å²) in [5, 5.41) is 2.25. The molecule has 0 amide bonds. The lowest BCUT2D eigenvalue weighted by Crippen LogP contribution is -2.50. The molecule has 0 aliphatic heterocycles. The zero-order chi connectivity index (χ0) is 40.4. The molecule has 0 saturated heterocycles. The van der Waals surface area contributed by atoms with Gasteiger partial charge in [-0.3, -0.25) is 4.57 Å². The van der Waals surface area contributed by atoms with Crippen molar-refractivity contribution in [1.29, 1.82) is 0 Å². The summed E-state index contributed by atoms with van der Waals surface area (Å²) >= 11 is 0. The van der Waals surface area contributed by atoms with Gasteiger partial charge in [0.1, 0.15) is 68.6 Å². The minimum Gasteiger partial charge on any atom is -0.292 e. The van der Waals surface area contributed by atoms with Gasteiger partial charge in [0, 0.05) is 16.7 Å². The fraction of sp³-hybridized carbons (Fsp3) is 0.0625. The van der Waals surface area contributed by atoms with E-state index in [1.54, 1.807) is 0 Å². The summed E-state index contributed by atoms with van der Waals surface area (Å²) in [6.45, 7) is 4.47. The maximum atomic E-state index is 7.17. The first-order valence-electron chi connectivity index (χ1n) is 19.1. The second-order valence-corrected chi connectivity index (χ2v) is 15.6. The first kappa shape index (κ1) is 36.6. The summed E-state index contributed by atoms with van der Waals surface area (Å²) in [6.07, 6.45) is 0. The number of benzene rings is 8. The molecule has 0 bridgehead atoms. The maximum absolute atomic E-state index is 7.17. The Morgan fingerprint density at radius 2 is 0.914 bits per heavy atom. The highest BCUT2D eigenvalue weighted by Crippen LogP contribution is 2.51. The van der Waals surface area contributed by atoms with Crippen LogP contribution in [0.1, 0.15) is 25.0 Å². The molecular formula is C48H26B8N2. The number of para-hydroxylation sites is 3. The van der Waals surface area contributed by atoms with E-state index in [0.717, 1.165) is 44.5 Å². The molecule has 0 fully saturated rings. The van der Waals surface area contributed by atoms with Crippen molar-refractivity contribution in [2.24, 2.45) is 0 Å². The van der Waals surface area contributed by atoms with Crippen molar-refractivity contribution in [3.05, 3.63) is 132 Å². The quantitative estimate of drug-likeness (QED) is 0.203. The lowest BCUT2D eigenvalue weighted by Gasteiger charge is -2.29. The fourth-order valence-corrected chi connectivity index (χ4v) is 9.31. The van der Waals surface area contributed by atoms with E-state index in [-0.39, 0.29) is 49.1 Å². The Hall–Kier alpha value is -5.73. The van der Waals surface area contributed by atoms with Crippen molar-refractivity contribution in [1.82, 2.24) is 9.55 Å². The number of hydrogen-bond donors (Lipinski definition) is 0. The highest BCUT2D eigenvalue weighted by Gasteiger charge is 2.36. The Labute approximate surface area is 349 Å². The van der Waals surface area contributed by atoms with Crippen LogP contribution < -0.4 is 43.7 Å². The van der Waals surface area contributed by atoms with Crippen molar-refractivity contribution in [3.63, 3.8) is 0 Å². The van der Waals surface area contributed by atoms with Gasteiger partial charge in [0.15, 0.2) is 0 Å². The SMILES string of the molecule is [B]c1c([B])c([B])c2c(-c3ccccc3-c3nc4ccccc4n3-c3ccccc3)c3c([B])c([B])c([B])c([B])c3c(-c3ccc4c(c3)C(C)(C)c3ccccc3-4)c2c1[B]. The van der Waals surface area contributed by atoms with Crippen LogP contribution in [-0.4, -0.2) is 72.3 Å². The third kappa shape index (κ3) is 5.00. The van der Waals surface area contributed by atoms with E-state index < -0.39 is 0 Å². The van der Waals surface area contributed by atoms with Crippen LogP contribution >= 0.6 is 0 Å². The van der Waals surface area contributed by atoms with Gasteiger partial charge in [0.25, 0.3) is 0 Å². The molecule has 0 atom stereocenters. The van der Waals surface area contributed by atoms with Crippen LogP contribution in [0.15, 0.2) is 121 Å². The number of nitrogens with zero attached hydrogens (tertiary/aromatic N) is 2. The predicted molar refractivity (Wildman–Crippen MR) is 253 cm³/mol. The maximum Gasteiger partial charge on any atom is 0.146 e. The molecule has 16 radical (unpaired) electrons. The van der Waals surface area contributed by atoms with Crippen LogP contribution in [-0.2, 0) is 5.41 Å². The summed E-state index contributed by atoms with van der Waals surface area (Å²) in [5.74, 6) is 0.693. The number of imidazole rings is 1. The average Bonchev–Trinajstić information content (AvgIpc) is 3.75. The summed E-state index contributed by atoms with van der Waals surface area (Å²) in [6, 6.07) is 41.0. The molecule has 1 aliphatic rings. The van der Waals surface area contributed by atoms with Gasteiger partial charge in [-0.2, -0.15) is 0 Å². The van der Waals surface area contributed by atoms with E-state index in [0.29, 0.717) is 38.5 Å². The summed E-state index contributed by atoms with van der Waals surface area (Å²) in [4.78, 5) is 5.24. The molecular weight excluding hydrogens is 691 g/mol. The second kappa shape index (κ2) is 13.1. The zero-order valence-electron chi connectivity index (χ0n) is 32.1. The minimum atomic E-state index is -0.307. The summed E-state index contributed by atoms with van der Waals surface area (Å²) in [7, 11) is 55.7. The Bertz CT molecular complexity index is 3160. The number of rotatable bonds is 4. The van der Waals surface area contributed by atoms with E-state index >= 15 is 0 Å². The molecule has 8 aromatic carbocycles. The Kier molecular flexibility index (Phi) is 8.30. The van der Waals surface area contributed by atoms with Gasteiger partial charge in [0.05, 0.1) is 11.0 Å². The van der Waals surface area contributed by atoms with Crippen LogP contribution in [0.2, 0.25) is 0 Å². The molecule has 10 rings (SSSR count). The molecule has 2 nitrogen and oxygen atoms in total. The van der Waals surface area contributed by atoms with E-state index in [4.69, 9.17) is 67.8 Å². The van der Waals surface area contributed by atoms with Crippen molar-refractivity contribution < 1.29 is 0 Å². The summed E-state index contributed by atoms with van der Waals surface area (Å²) < 4.78 is 2.14. The highest BCUT2D eigenvalue weighted by atomic mass is 15.1. The van der Waals surface area contributed by atoms with Crippen LogP contribution in [0.25, 0.3) is 83.0 Å². The van der Waals surface area contributed by atoms with Crippen molar-refractivity contribution in [3.8, 4) is 50.5 Å². The zero-order valence-corrected chi connectivity index (χ0v) is 32.1. The Morgan fingerprint density at radius 3 is 1.53 bits per heavy atom. The van der Waals surface area contributed by atoms with Crippen LogP contribution in [0.5, 0.6) is 0 Å². The molecule has 0 N–H and O–H groups in total. The topological polar surface area (TPSA) is 17.8 Å². The van der Waals surface area contributed by atoms with Gasteiger partial charge in [0.2, 0.25) is 0 Å². The molecule has 0 saturated carbocycles. The third-order valence-corrected chi connectivity index (χ3v) is 12.2. The molecule has 1 aromatic heterocycles. The molecule has 252 valence electrons. The van der Waals surface area contributed by atoms with E-state index in [1.165, 1.54) is 11.1 Å². The van der Waals surface area contributed by atoms with Crippen molar-refractivity contribution in [2.75, 3.05) is 0 Å². The van der Waals surface area contributed by atoms with Gasteiger partial charge >= 0.3 is 0 Å². The van der Waals surface area contributed by atoms with Crippen LogP contribution in [0.3, 0.4) is 0 Å². The van der Waals surface area contributed by atoms with E-state index in [9.17, 15) is 0 Å². The molecule has 9 aromatic rings. The van der Waals surface area contributed by atoms with Gasteiger partial charge in [-0.1, -0.05) is 127 Å². The Balaban J connectivity index is 1.40. The molecule has 10 heteroatoms. The Morgan fingerprint density at radius 1 is 0.431 bits per heavy atom. The average molecular weight is 717 g/mol. The lowest BCUT2D eigenvalue weighted by molar-refractivity contribution is 0.660. The molecule has 1 aliphatic carbocycles. The van der Waals surface area contributed by atoms with Gasteiger partial charge < -0.3 is 0 Å². The number of fused-ring (bicyclic) bond motifs is 6. The van der Waals surface area contributed by atoms with E-state index in [1.807, 2.05) is 60.7 Å². The predicted octanol–water partition coefficient (Wildman–Crippen LogP) is 2.99. The van der Waals surface area contributed by atoms with Crippen molar-refractivity contribution >= 4 is 139 Å². The minimum absolute atomic E-state index is 0.158. The standard InChI is InChI=1S/C48H26B8N2/c1-48(2)29-17-9-8-14-25(29)26-21-20-23(22-30(26)48)33-35-37(41(51)45(55)43(53)39(35)49)34(38-36(33)40(50)44(54)46(56)42(38)52)27-15-6-7-16-28(27)47-57-31-18-10-11-19-32(31)58(47)24-12-4-3-5-13-24/h3-22H,1-2H3. The monoisotopic (exact) mass is 718 g/mol. The largest absolute Gasteiger partial charge is 0.292 e. The normalized spacial score (nSPS) is 13.0. The number of hydrogen-bond acceptors (Lipinski definition) is 1. The molecule has 1 heterocycles. The van der Waals surface area contributed by atoms with Crippen LogP contribution in [0, 0.1) is 0 Å². The summed E-state index contributed by atoms with van der Waals surface area (Å²) in [5.41, 5.74) is 12.4. The van der Waals surface area contributed by atoms with Crippen molar-refractivity contribution in [2.45, 2.75) is 19.3 Å². The molecule has 58 heavy (non-hydrogen) atoms. The molecule has 0 spiro atoms. The fourth-order valence-electron chi connectivity index (χ4n) is 9.31. The van der Waals surface area contributed by atoms with Gasteiger partial charge in [-0.15, -0.1) is 21.9 Å². The smallest absolute Gasteiger partial charge is 0.146 e. The highest BCUT2D eigenvalue weighted by molar-refractivity contribution is 6.71. The lowest BCUT2D eigenvalue weighted by atomic mass is 9.59. The third-order valence-electron chi connectivity index (χ3n) is 12.2. The van der Waals surface area contributed by atoms with Gasteiger partial charge in [-0.25, -0.2) is 4.98 Å². The van der Waals surface area contributed by atoms with Crippen LogP contribution in [0.4, 0.5) is 0 Å². The number of aromatic nitrogens is 2.